The number of allylic oxidation sites excluding steroid dienone is 9. The smallest absolute Gasteiger partial charge is 0.220 e. The van der Waals surface area contributed by atoms with Crippen LogP contribution >= 0.6 is 0 Å². The number of ether oxygens (including phenoxy) is 2. The Hall–Kier alpha value is -2.11. The summed E-state index contributed by atoms with van der Waals surface area (Å²) in [5, 5.41) is 54.5. The second kappa shape index (κ2) is 51.4. The first-order chi connectivity index (χ1) is 34.8. The Morgan fingerprint density at radius 3 is 1.28 bits per heavy atom. The van der Waals surface area contributed by atoms with Crippen molar-refractivity contribution in [1.29, 1.82) is 0 Å². The Bertz CT molecular complexity index is 1300. The molecule has 1 aliphatic heterocycles. The quantitative estimate of drug-likeness (QED) is 0.0261. The van der Waals surface area contributed by atoms with E-state index in [2.05, 4.69) is 67.8 Å². The molecule has 0 saturated carbocycles. The van der Waals surface area contributed by atoms with Gasteiger partial charge in [-0.1, -0.05) is 254 Å². The van der Waals surface area contributed by atoms with Gasteiger partial charge in [-0.2, -0.15) is 0 Å². The summed E-state index contributed by atoms with van der Waals surface area (Å²) in [6.07, 6.45) is 62.9. The van der Waals surface area contributed by atoms with Crippen molar-refractivity contribution in [2.75, 3.05) is 13.2 Å². The van der Waals surface area contributed by atoms with Crippen LogP contribution in [0, 0.1) is 0 Å². The number of aliphatic hydroxyl groups is 5. The number of hydrogen-bond acceptors (Lipinski definition) is 8. The molecule has 414 valence electrons. The average molecular weight is 1000 g/mol. The summed E-state index contributed by atoms with van der Waals surface area (Å²) in [6.45, 7) is 3.77. The fourth-order valence-corrected chi connectivity index (χ4v) is 9.30. The van der Waals surface area contributed by atoms with Crippen molar-refractivity contribution in [3.63, 3.8) is 0 Å². The molecule has 9 nitrogen and oxygen atoms in total. The number of aliphatic hydroxyl groups excluding tert-OH is 5. The van der Waals surface area contributed by atoms with Crippen molar-refractivity contribution >= 4 is 5.91 Å². The van der Waals surface area contributed by atoms with Gasteiger partial charge in [0, 0.05) is 6.42 Å². The molecule has 0 aliphatic carbocycles. The van der Waals surface area contributed by atoms with E-state index in [0.717, 1.165) is 51.4 Å². The molecule has 0 aromatic rings. The SMILES string of the molecule is CCCCCCC/C=C\C/C=C\C/C=C\CCCCCCCCCCCCCCCCC(=O)NC(COC1OC(CO)C(O)C(O)C1O)C(O)/C=C/CC/C=C/CCCCCCCCCCCCCCC. The van der Waals surface area contributed by atoms with Crippen LogP contribution in [0.5, 0.6) is 0 Å². The van der Waals surface area contributed by atoms with E-state index < -0.39 is 49.5 Å². The molecular formula is C62H113NO8. The fraction of sp³-hybridized carbons (Fsp3) is 0.823. The van der Waals surface area contributed by atoms with Crippen LogP contribution in [0.25, 0.3) is 0 Å². The number of hydrogen-bond donors (Lipinski definition) is 6. The molecule has 1 aliphatic rings. The third-order valence-corrected chi connectivity index (χ3v) is 14.1. The maximum atomic E-state index is 13.1. The van der Waals surface area contributed by atoms with E-state index in [-0.39, 0.29) is 12.5 Å². The van der Waals surface area contributed by atoms with E-state index >= 15 is 0 Å². The van der Waals surface area contributed by atoms with Crippen molar-refractivity contribution in [3.8, 4) is 0 Å². The van der Waals surface area contributed by atoms with Crippen molar-refractivity contribution in [2.45, 2.75) is 314 Å². The molecule has 7 atom stereocenters. The van der Waals surface area contributed by atoms with E-state index in [1.54, 1.807) is 6.08 Å². The lowest BCUT2D eigenvalue weighted by Gasteiger charge is -2.40. The molecule has 0 spiro atoms. The Kier molecular flexibility index (Phi) is 48.4. The third-order valence-electron chi connectivity index (χ3n) is 14.1. The lowest BCUT2D eigenvalue weighted by atomic mass is 9.99. The summed E-state index contributed by atoms with van der Waals surface area (Å²) in [7, 11) is 0. The minimum absolute atomic E-state index is 0.186. The molecule has 1 heterocycles. The lowest BCUT2D eigenvalue weighted by Crippen LogP contribution is -2.60. The van der Waals surface area contributed by atoms with Crippen LogP contribution in [-0.4, -0.2) is 87.5 Å². The minimum Gasteiger partial charge on any atom is -0.394 e. The van der Waals surface area contributed by atoms with E-state index in [1.807, 2.05) is 6.08 Å². The Balaban J connectivity index is 2.21. The van der Waals surface area contributed by atoms with E-state index in [1.165, 1.54) is 199 Å². The summed E-state index contributed by atoms with van der Waals surface area (Å²) < 4.78 is 11.3. The number of nitrogens with one attached hydrogen (secondary N) is 1. The van der Waals surface area contributed by atoms with Gasteiger partial charge in [-0.3, -0.25) is 4.79 Å². The molecule has 0 aromatic heterocycles. The summed E-state index contributed by atoms with van der Waals surface area (Å²) in [4.78, 5) is 13.1. The maximum absolute atomic E-state index is 13.1. The zero-order valence-corrected chi connectivity index (χ0v) is 46.0. The van der Waals surface area contributed by atoms with Gasteiger partial charge in [-0.15, -0.1) is 0 Å². The van der Waals surface area contributed by atoms with Crippen LogP contribution < -0.4 is 5.32 Å². The van der Waals surface area contributed by atoms with Gasteiger partial charge < -0.3 is 40.3 Å². The average Bonchev–Trinajstić information content (AvgIpc) is 3.37. The highest BCUT2D eigenvalue weighted by Gasteiger charge is 2.44. The minimum atomic E-state index is -1.57. The predicted octanol–water partition coefficient (Wildman–Crippen LogP) is 15.1. The Morgan fingerprint density at radius 1 is 0.479 bits per heavy atom. The molecular weight excluding hydrogens is 887 g/mol. The lowest BCUT2D eigenvalue weighted by molar-refractivity contribution is -0.302. The maximum Gasteiger partial charge on any atom is 0.220 e. The summed E-state index contributed by atoms with van der Waals surface area (Å²) in [5.41, 5.74) is 0. The third kappa shape index (κ3) is 40.9. The van der Waals surface area contributed by atoms with Gasteiger partial charge in [0.2, 0.25) is 5.91 Å². The van der Waals surface area contributed by atoms with Crippen molar-refractivity contribution in [2.24, 2.45) is 0 Å². The largest absolute Gasteiger partial charge is 0.394 e. The molecule has 1 amide bonds. The Morgan fingerprint density at radius 2 is 0.845 bits per heavy atom. The summed E-state index contributed by atoms with van der Waals surface area (Å²) in [6, 6.07) is -0.824. The van der Waals surface area contributed by atoms with Crippen LogP contribution in [-0.2, 0) is 14.3 Å². The number of amides is 1. The predicted molar refractivity (Wildman–Crippen MR) is 299 cm³/mol. The molecule has 1 rings (SSSR count). The monoisotopic (exact) mass is 1000 g/mol. The highest BCUT2D eigenvalue weighted by Crippen LogP contribution is 2.23. The van der Waals surface area contributed by atoms with Gasteiger partial charge in [-0.05, 0) is 70.6 Å². The molecule has 9 heteroatoms. The molecule has 1 saturated heterocycles. The zero-order valence-electron chi connectivity index (χ0n) is 46.0. The highest BCUT2D eigenvalue weighted by atomic mass is 16.7. The molecule has 1 fully saturated rings. The first-order valence-electron chi connectivity index (χ1n) is 30.0. The number of rotatable bonds is 51. The molecule has 7 unspecified atom stereocenters. The first kappa shape index (κ1) is 66.9. The number of carbonyl (C=O) groups is 1. The van der Waals surface area contributed by atoms with Crippen LogP contribution in [0.1, 0.15) is 271 Å². The fourth-order valence-electron chi connectivity index (χ4n) is 9.30. The van der Waals surface area contributed by atoms with Crippen LogP contribution in [0.2, 0.25) is 0 Å². The first-order valence-corrected chi connectivity index (χ1v) is 30.0. The van der Waals surface area contributed by atoms with Crippen molar-refractivity contribution in [3.05, 3.63) is 60.8 Å². The van der Waals surface area contributed by atoms with Crippen molar-refractivity contribution < 1.29 is 39.8 Å². The normalized spacial score (nSPS) is 19.7. The molecule has 0 aromatic carbocycles. The van der Waals surface area contributed by atoms with Gasteiger partial charge in [0.1, 0.15) is 24.4 Å². The second-order valence-corrected chi connectivity index (χ2v) is 20.8. The highest BCUT2D eigenvalue weighted by molar-refractivity contribution is 5.76. The summed E-state index contributed by atoms with van der Waals surface area (Å²) >= 11 is 0. The van der Waals surface area contributed by atoms with E-state index in [0.29, 0.717) is 6.42 Å². The number of unbranched alkanes of at least 4 members (excludes halogenated alkanes) is 33. The molecule has 0 radical (unpaired) electrons. The number of carbonyl (C=O) groups excluding carboxylic acids is 1. The Labute approximate surface area is 436 Å². The molecule has 6 N–H and O–H groups in total. The van der Waals surface area contributed by atoms with Gasteiger partial charge in [-0.25, -0.2) is 0 Å². The standard InChI is InChI=1S/C62H113NO8/c1-3-5-7-9-11-13-15-17-19-21-23-24-25-26-27-28-29-30-31-32-34-36-38-40-42-44-46-48-50-52-58(66)63-55(54-70-62-61(69)60(68)59(67)57(53-64)71-62)56(65)51-49-47-45-43-41-39-37-35-33-22-20-18-16-14-12-10-8-6-4-2/h15,17,21,23,25-26,41,43,49,51,55-57,59-62,64-65,67-69H,3-14,16,18-20,22,24,27-40,42,44-48,50,52-54H2,1-2H3,(H,63,66)/b17-15-,23-21-,26-25-,43-41+,51-49+. The van der Waals surface area contributed by atoms with E-state index in [4.69, 9.17) is 9.47 Å². The van der Waals surface area contributed by atoms with Crippen LogP contribution in [0.4, 0.5) is 0 Å². The van der Waals surface area contributed by atoms with Gasteiger partial charge >= 0.3 is 0 Å². The van der Waals surface area contributed by atoms with Crippen LogP contribution in [0.3, 0.4) is 0 Å². The molecule has 0 bridgehead atoms. The van der Waals surface area contributed by atoms with Gasteiger partial charge in [0.25, 0.3) is 0 Å². The second-order valence-electron chi connectivity index (χ2n) is 20.8. The zero-order chi connectivity index (χ0) is 51.5. The van der Waals surface area contributed by atoms with Gasteiger partial charge in [0.05, 0.1) is 25.4 Å². The summed E-state index contributed by atoms with van der Waals surface area (Å²) in [5.74, 6) is -0.186. The van der Waals surface area contributed by atoms with Gasteiger partial charge in [0.15, 0.2) is 6.29 Å². The topological polar surface area (TPSA) is 149 Å². The van der Waals surface area contributed by atoms with Crippen LogP contribution in [0.15, 0.2) is 60.8 Å². The molecule has 71 heavy (non-hydrogen) atoms. The van der Waals surface area contributed by atoms with E-state index in [9.17, 15) is 30.3 Å². The van der Waals surface area contributed by atoms with Crippen molar-refractivity contribution in [1.82, 2.24) is 5.32 Å².